The Morgan fingerprint density at radius 3 is 2.80 bits per heavy atom. The molecule has 2 heterocycles. The molecule has 0 bridgehead atoms. The summed E-state index contributed by atoms with van der Waals surface area (Å²) in [5, 5.41) is 3.30. The van der Waals surface area contributed by atoms with Crippen LogP contribution in [-0.4, -0.2) is 38.4 Å². The predicted octanol–water partition coefficient (Wildman–Crippen LogP) is 1.82. The Bertz CT molecular complexity index is 637. The van der Waals surface area contributed by atoms with Gasteiger partial charge in [-0.25, -0.2) is 12.8 Å². The molecule has 110 valence electrons. The van der Waals surface area contributed by atoms with Crippen LogP contribution in [-0.2, 0) is 10.0 Å². The van der Waals surface area contributed by atoms with Crippen LogP contribution >= 0.6 is 15.9 Å². The maximum absolute atomic E-state index is 13.1. The quantitative estimate of drug-likeness (QED) is 0.872. The molecule has 20 heavy (non-hydrogen) atoms. The van der Waals surface area contributed by atoms with E-state index in [1.54, 1.807) is 4.31 Å². The first-order valence-electron chi connectivity index (χ1n) is 6.59. The molecule has 2 aliphatic heterocycles. The Hall–Kier alpha value is -0.500. The second-order valence-electron chi connectivity index (χ2n) is 5.47. The third kappa shape index (κ3) is 2.20. The van der Waals surface area contributed by atoms with Gasteiger partial charge in [0.1, 0.15) is 5.82 Å². The van der Waals surface area contributed by atoms with E-state index in [1.807, 2.05) is 6.92 Å². The highest BCUT2D eigenvalue weighted by atomic mass is 79.9. The molecule has 0 amide bonds. The Morgan fingerprint density at radius 2 is 2.15 bits per heavy atom. The first-order valence-corrected chi connectivity index (χ1v) is 8.82. The van der Waals surface area contributed by atoms with Crippen LogP contribution in [0.1, 0.15) is 6.92 Å². The summed E-state index contributed by atoms with van der Waals surface area (Å²) in [4.78, 5) is 0.138. The fourth-order valence-electron chi connectivity index (χ4n) is 3.26. The van der Waals surface area contributed by atoms with E-state index in [-0.39, 0.29) is 15.4 Å². The molecule has 2 fully saturated rings. The van der Waals surface area contributed by atoms with Crippen molar-refractivity contribution in [1.82, 2.24) is 9.62 Å². The molecule has 2 saturated heterocycles. The molecule has 0 saturated carbocycles. The van der Waals surface area contributed by atoms with E-state index in [2.05, 4.69) is 21.2 Å². The van der Waals surface area contributed by atoms with Crippen molar-refractivity contribution in [3.63, 3.8) is 0 Å². The van der Waals surface area contributed by atoms with Crippen LogP contribution in [0.2, 0.25) is 0 Å². The normalized spacial score (nSPS) is 30.6. The average molecular weight is 363 g/mol. The lowest BCUT2D eigenvalue weighted by Crippen LogP contribution is -2.38. The zero-order valence-corrected chi connectivity index (χ0v) is 13.4. The van der Waals surface area contributed by atoms with E-state index in [0.29, 0.717) is 18.4 Å². The standard InChI is InChI=1S/C13H16BrFN2O2S/c1-8-11-6-16-5-9(11)7-17(8)20(18,19)13-3-2-10(15)4-12(13)14/h2-4,8-9,11,16H,5-7H2,1H3. The summed E-state index contributed by atoms with van der Waals surface area (Å²) in [6.07, 6.45) is 0. The van der Waals surface area contributed by atoms with Crippen molar-refractivity contribution in [1.29, 1.82) is 0 Å². The first kappa shape index (κ1) is 14.4. The van der Waals surface area contributed by atoms with Crippen LogP contribution in [0.15, 0.2) is 27.6 Å². The van der Waals surface area contributed by atoms with Crippen LogP contribution in [0.3, 0.4) is 0 Å². The minimum absolute atomic E-state index is 0.0306. The Kier molecular flexibility index (Phi) is 3.64. The fraction of sp³-hybridized carbons (Fsp3) is 0.538. The first-order chi connectivity index (χ1) is 9.41. The summed E-state index contributed by atoms with van der Waals surface area (Å²) in [7, 11) is -3.59. The van der Waals surface area contributed by atoms with E-state index in [0.717, 1.165) is 13.1 Å². The molecule has 2 aliphatic rings. The molecule has 3 rings (SSSR count). The summed E-state index contributed by atoms with van der Waals surface area (Å²) in [6.45, 7) is 4.21. The summed E-state index contributed by atoms with van der Waals surface area (Å²) in [5.41, 5.74) is 0. The molecule has 7 heteroatoms. The smallest absolute Gasteiger partial charge is 0.244 e. The minimum atomic E-state index is -3.59. The fourth-order valence-corrected chi connectivity index (χ4v) is 6.00. The molecule has 0 aliphatic carbocycles. The second-order valence-corrected chi connectivity index (χ2v) is 8.19. The lowest BCUT2D eigenvalue weighted by Gasteiger charge is -2.24. The van der Waals surface area contributed by atoms with Gasteiger partial charge in [0, 0.05) is 17.1 Å². The van der Waals surface area contributed by atoms with E-state index in [9.17, 15) is 12.8 Å². The Morgan fingerprint density at radius 1 is 1.40 bits per heavy atom. The predicted molar refractivity (Wildman–Crippen MR) is 77.3 cm³/mol. The molecule has 3 unspecified atom stereocenters. The number of hydrogen-bond donors (Lipinski definition) is 1. The molecular weight excluding hydrogens is 347 g/mol. The molecular formula is C13H16BrFN2O2S. The second kappa shape index (κ2) is 5.05. The lowest BCUT2D eigenvalue weighted by molar-refractivity contribution is 0.360. The Labute approximate surface area is 126 Å². The van der Waals surface area contributed by atoms with Crippen molar-refractivity contribution in [2.24, 2.45) is 11.8 Å². The average Bonchev–Trinajstić information content (AvgIpc) is 2.92. The van der Waals surface area contributed by atoms with Crippen LogP contribution < -0.4 is 5.32 Å². The summed E-state index contributed by atoms with van der Waals surface area (Å²) < 4.78 is 40.5. The van der Waals surface area contributed by atoms with Gasteiger partial charge in [-0.2, -0.15) is 4.31 Å². The molecule has 0 aromatic heterocycles. The van der Waals surface area contributed by atoms with Gasteiger partial charge in [0.2, 0.25) is 10.0 Å². The van der Waals surface area contributed by atoms with Gasteiger partial charge in [0.25, 0.3) is 0 Å². The van der Waals surface area contributed by atoms with Gasteiger partial charge in [-0.05, 0) is 66.0 Å². The topological polar surface area (TPSA) is 49.4 Å². The molecule has 0 radical (unpaired) electrons. The Balaban J connectivity index is 1.96. The van der Waals surface area contributed by atoms with Gasteiger partial charge < -0.3 is 5.32 Å². The van der Waals surface area contributed by atoms with Crippen molar-refractivity contribution in [2.75, 3.05) is 19.6 Å². The zero-order chi connectivity index (χ0) is 14.5. The third-order valence-corrected chi connectivity index (χ3v) is 7.29. The van der Waals surface area contributed by atoms with E-state index >= 15 is 0 Å². The SMILES string of the molecule is CC1C2CNCC2CN1S(=O)(=O)c1ccc(F)cc1Br. The van der Waals surface area contributed by atoms with Gasteiger partial charge in [-0.1, -0.05) is 0 Å². The molecule has 3 atom stereocenters. The highest BCUT2D eigenvalue weighted by Crippen LogP contribution is 2.37. The molecule has 4 nitrogen and oxygen atoms in total. The number of benzene rings is 1. The zero-order valence-electron chi connectivity index (χ0n) is 11.0. The van der Waals surface area contributed by atoms with Gasteiger partial charge in [-0.3, -0.25) is 0 Å². The summed E-state index contributed by atoms with van der Waals surface area (Å²) in [5.74, 6) is 0.286. The minimum Gasteiger partial charge on any atom is -0.316 e. The van der Waals surface area contributed by atoms with Crippen LogP contribution in [0, 0.1) is 17.7 Å². The largest absolute Gasteiger partial charge is 0.316 e. The van der Waals surface area contributed by atoms with Gasteiger partial charge in [0.15, 0.2) is 0 Å². The van der Waals surface area contributed by atoms with Crippen molar-refractivity contribution in [3.8, 4) is 0 Å². The van der Waals surface area contributed by atoms with Gasteiger partial charge >= 0.3 is 0 Å². The molecule has 1 N–H and O–H groups in total. The van der Waals surface area contributed by atoms with Crippen molar-refractivity contribution in [3.05, 3.63) is 28.5 Å². The number of fused-ring (bicyclic) bond motifs is 1. The highest BCUT2D eigenvalue weighted by Gasteiger charge is 2.47. The van der Waals surface area contributed by atoms with Crippen LogP contribution in [0.5, 0.6) is 0 Å². The molecule has 0 spiro atoms. The summed E-state index contributed by atoms with van der Waals surface area (Å²) >= 11 is 3.15. The number of hydrogen-bond acceptors (Lipinski definition) is 3. The number of rotatable bonds is 2. The summed E-state index contributed by atoms with van der Waals surface area (Å²) in [6, 6.07) is 3.67. The molecule has 1 aromatic carbocycles. The van der Waals surface area contributed by atoms with Crippen molar-refractivity contribution in [2.45, 2.75) is 17.9 Å². The van der Waals surface area contributed by atoms with Gasteiger partial charge in [-0.15, -0.1) is 0 Å². The number of nitrogens with one attached hydrogen (secondary N) is 1. The monoisotopic (exact) mass is 362 g/mol. The van der Waals surface area contributed by atoms with E-state index in [1.165, 1.54) is 18.2 Å². The van der Waals surface area contributed by atoms with Crippen LogP contribution in [0.25, 0.3) is 0 Å². The maximum Gasteiger partial charge on any atom is 0.244 e. The maximum atomic E-state index is 13.1. The number of halogens is 2. The van der Waals surface area contributed by atoms with Crippen molar-refractivity contribution < 1.29 is 12.8 Å². The van der Waals surface area contributed by atoms with Crippen molar-refractivity contribution >= 4 is 26.0 Å². The third-order valence-electron chi connectivity index (χ3n) is 4.36. The number of nitrogens with zero attached hydrogens (tertiary/aromatic N) is 1. The number of sulfonamides is 1. The highest BCUT2D eigenvalue weighted by molar-refractivity contribution is 9.10. The molecule has 1 aromatic rings. The van der Waals surface area contributed by atoms with E-state index < -0.39 is 15.8 Å². The van der Waals surface area contributed by atoms with E-state index in [4.69, 9.17) is 0 Å². The van der Waals surface area contributed by atoms with Crippen LogP contribution in [0.4, 0.5) is 4.39 Å². The van der Waals surface area contributed by atoms with Gasteiger partial charge in [0.05, 0.1) is 4.90 Å². The lowest BCUT2D eigenvalue weighted by atomic mass is 9.95.